The highest BCUT2D eigenvalue weighted by Crippen LogP contribution is 2.34. The summed E-state index contributed by atoms with van der Waals surface area (Å²) in [4.78, 5) is 17.1. The second kappa shape index (κ2) is 8.82. The average molecular weight is 445 g/mol. The summed E-state index contributed by atoms with van der Waals surface area (Å²) in [5.74, 6) is 1.18. The van der Waals surface area contributed by atoms with Crippen LogP contribution in [0.2, 0.25) is 0 Å². The summed E-state index contributed by atoms with van der Waals surface area (Å²) in [5, 5.41) is 13.5. The Morgan fingerprint density at radius 1 is 1.06 bits per heavy atom. The smallest absolute Gasteiger partial charge is 0.323 e. The van der Waals surface area contributed by atoms with Gasteiger partial charge >= 0.3 is 6.03 Å². The number of carbonyl (C=O) groups excluding carboxylic acids is 1. The number of carbonyl (C=O) groups is 1. The SMILES string of the molecule is CCOc1cccc(NC(=O)Nc2ccc(-c3cc(C(C)(C)C)nc4n[nH]c(N)c34)cc2)c1. The number of rotatable bonds is 5. The zero-order chi connectivity index (χ0) is 23.6. The van der Waals surface area contributed by atoms with Gasteiger partial charge in [0.25, 0.3) is 0 Å². The van der Waals surface area contributed by atoms with E-state index in [0.717, 1.165) is 22.2 Å². The summed E-state index contributed by atoms with van der Waals surface area (Å²) >= 11 is 0. The lowest BCUT2D eigenvalue weighted by atomic mass is 9.89. The van der Waals surface area contributed by atoms with E-state index < -0.39 is 0 Å². The third kappa shape index (κ3) is 4.90. The Labute approximate surface area is 192 Å². The van der Waals surface area contributed by atoms with E-state index in [1.165, 1.54) is 0 Å². The minimum absolute atomic E-state index is 0.143. The van der Waals surface area contributed by atoms with E-state index >= 15 is 0 Å². The van der Waals surface area contributed by atoms with Crippen molar-refractivity contribution in [1.82, 2.24) is 15.2 Å². The molecule has 0 fully saturated rings. The molecule has 0 atom stereocenters. The molecule has 0 aliphatic heterocycles. The first-order valence-corrected chi connectivity index (χ1v) is 10.8. The molecule has 8 heteroatoms. The van der Waals surface area contributed by atoms with Crippen LogP contribution in [0.3, 0.4) is 0 Å². The van der Waals surface area contributed by atoms with Crippen LogP contribution in [0.5, 0.6) is 5.75 Å². The number of H-pyrrole nitrogens is 1. The van der Waals surface area contributed by atoms with Crippen molar-refractivity contribution in [3.8, 4) is 16.9 Å². The van der Waals surface area contributed by atoms with Crippen LogP contribution in [0.25, 0.3) is 22.2 Å². The molecule has 0 aliphatic rings. The number of ether oxygens (including phenoxy) is 1. The molecule has 0 unspecified atom stereocenters. The third-order valence-corrected chi connectivity index (χ3v) is 5.18. The summed E-state index contributed by atoms with van der Waals surface area (Å²) in [6.45, 7) is 8.80. The predicted molar refractivity (Wildman–Crippen MR) is 133 cm³/mol. The number of nitrogens with two attached hydrogens (primary N) is 1. The Kier molecular flexibility index (Phi) is 5.91. The van der Waals surface area contributed by atoms with Gasteiger partial charge in [0.2, 0.25) is 0 Å². The Bertz CT molecular complexity index is 1290. The van der Waals surface area contributed by atoms with Gasteiger partial charge in [-0.1, -0.05) is 39.0 Å². The molecule has 4 rings (SSSR count). The van der Waals surface area contributed by atoms with E-state index in [1.54, 1.807) is 6.07 Å². The molecule has 0 spiro atoms. The summed E-state index contributed by atoms with van der Waals surface area (Å²) in [5.41, 5.74) is 10.7. The quantitative estimate of drug-likeness (QED) is 0.322. The monoisotopic (exact) mass is 444 g/mol. The Morgan fingerprint density at radius 2 is 1.79 bits per heavy atom. The molecule has 0 aliphatic carbocycles. The van der Waals surface area contributed by atoms with Gasteiger partial charge in [0.15, 0.2) is 5.65 Å². The van der Waals surface area contributed by atoms with Gasteiger partial charge < -0.3 is 21.1 Å². The average Bonchev–Trinajstić information content (AvgIpc) is 3.14. The first-order valence-electron chi connectivity index (χ1n) is 10.8. The van der Waals surface area contributed by atoms with Crippen LogP contribution in [0, 0.1) is 0 Å². The fourth-order valence-electron chi connectivity index (χ4n) is 3.52. The second-order valence-electron chi connectivity index (χ2n) is 8.76. The van der Waals surface area contributed by atoms with Crippen molar-refractivity contribution in [2.24, 2.45) is 0 Å². The Hall–Kier alpha value is -4.07. The zero-order valence-electron chi connectivity index (χ0n) is 19.2. The standard InChI is InChI=1S/C25H28N6O2/c1-5-33-18-8-6-7-17(13-18)28-24(32)27-16-11-9-15(10-12-16)19-14-20(25(2,3)4)29-23-21(19)22(26)30-31-23/h6-14H,5H2,1-4H3,(H2,27,28,32)(H3,26,29,30,31). The lowest BCUT2D eigenvalue weighted by Gasteiger charge is -2.19. The van der Waals surface area contributed by atoms with Crippen molar-refractivity contribution >= 4 is 34.3 Å². The fraction of sp³-hybridized carbons (Fsp3) is 0.240. The number of hydrogen-bond donors (Lipinski definition) is 4. The molecule has 0 saturated carbocycles. The number of amides is 2. The molecule has 2 aromatic heterocycles. The van der Waals surface area contributed by atoms with Crippen molar-refractivity contribution in [1.29, 1.82) is 0 Å². The van der Waals surface area contributed by atoms with Crippen LogP contribution in [0.15, 0.2) is 54.6 Å². The molecule has 170 valence electrons. The lowest BCUT2D eigenvalue weighted by molar-refractivity contribution is 0.262. The summed E-state index contributed by atoms with van der Waals surface area (Å²) < 4.78 is 5.47. The number of anilines is 3. The number of nitrogen functional groups attached to an aromatic ring is 1. The minimum atomic E-state index is -0.336. The van der Waals surface area contributed by atoms with Gasteiger partial charge in [-0.3, -0.25) is 5.10 Å². The van der Waals surface area contributed by atoms with Gasteiger partial charge in [-0.2, -0.15) is 5.10 Å². The fourth-order valence-corrected chi connectivity index (χ4v) is 3.52. The van der Waals surface area contributed by atoms with Gasteiger partial charge in [-0.15, -0.1) is 0 Å². The van der Waals surface area contributed by atoms with Crippen molar-refractivity contribution in [3.63, 3.8) is 0 Å². The highest BCUT2D eigenvalue weighted by molar-refractivity contribution is 6.01. The van der Waals surface area contributed by atoms with Crippen LogP contribution < -0.4 is 21.1 Å². The first kappa shape index (κ1) is 22.1. The van der Waals surface area contributed by atoms with E-state index in [1.807, 2.05) is 49.4 Å². The second-order valence-corrected chi connectivity index (χ2v) is 8.76. The lowest BCUT2D eigenvalue weighted by Crippen LogP contribution is -2.19. The number of urea groups is 1. The molecule has 8 nitrogen and oxygen atoms in total. The maximum Gasteiger partial charge on any atom is 0.323 e. The van der Waals surface area contributed by atoms with Gasteiger partial charge in [-0.25, -0.2) is 9.78 Å². The normalized spacial score (nSPS) is 11.4. The molecule has 2 aromatic carbocycles. The van der Waals surface area contributed by atoms with E-state index in [2.05, 4.69) is 52.7 Å². The molecule has 2 heterocycles. The third-order valence-electron chi connectivity index (χ3n) is 5.18. The van der Waals surface area contributed by atoms with Crippen LogP contribution in [0.1, 0.15) is 33.4 Å². The van der Waals surface area contributed by atoms with Crippen molar-refractivity contribution in [3.05, 3.63) is 60.3 Å². The van der Waals surface area contributed by atoms with Crippen molar-refractivity contribution < 1.29 is 9.53 Å². The molecule has 0 radical (unpaired) electrons. The molecule has 5 N–H and O–H groups in total. The molecule has 2 amide bonds. The van der Waals surface area contributed by atoms with Crippen LogP contribution in [-0.4, -0.2) is 27.8 Å². The molecular formula is C25H28N6O2. The number of fused-ring (bicyclic) bond motifs is 1. The molecule has 4 aromatic rings. The number of hydrogen-bond acceptors (Lipinski definition) is 5. The van der Waals surface area contributed by atoms with Crippen LogP contribution >= 0.6 is 0 Å². The minimum Gasteiger partial charge on any atom is -0.494 e. The number of pyridine rings is 1. The number of aromatic amines is 1. The van der Waals surface area contributed by atoms with Gasteiger partial charge in [0.1, 0.15) is 11.6 Å². The van der Waals surface area contributed by atoms with Crippen molar-refractivity contribution in [2.75, 3.05) is 23.0 Å². The molecule has 0 bridgehead atoms. The van der Waals surface area contributed by atoms with E-state index in [9.17, 15) is 4.79 Å². The largest absolute Gasteiger partial charge is 0.494 e. The molecule has 33 heavy (non-hydrogen) atoms. The Balaban J connectivity index is 1.55. The predicted octanol–water partition coefficient (Wildman–Crippen LogP) is 5.55. The maximum absolute atomic E-state index is 12.4. The Morgan fingerprint density at radius 3 is 2.48 bits per heavy atom. The number of nitrogens with one attached hydrogen (secondary N) is 3. The van der Waals surface area contributed by atoms with E-state index in [0.29, 0.717) is 35.2 Å². The zero-order valence-corrected chi connectivity index (χ0v) is 19.2. The van der Waals surface area contributed by atoms with Gasteiger partial charge in [0, 0.05) is 28.6 Å². The van der Waals surface area contributed by atoms with E-state index in [-0.39, 0.29) is 11.4 Å². The van der Waals surface area contributed by atoms with Gasteiger partial charge in [-0.05, 0) is 48.4 Å². The summed E-state index contributed by atoms with van der Waals surface area (Å²) in [7, 11) is 0. The number of aromatic nitrogens is 3. The maximum atomic E-state index is 12.4. The summed E-state index contributed by atoms with van der Waals surface area (Å²) in [6.07, 6.45) is 0. The topological polar surface area (TPSA) is 118 Å². The van der Waals surface area contributed by atoms with Gasteiger partial charge in [0.05, 0.1) is 12.0 Å². The first-order chi connectivity index (χ1) is 15.7. The molecular weight excluding hydrogens is 416 g/mol. The molecule has 0 saturated heterocycles. The number of benzene rings is 2. The van der Waals surface area contributed by atoms with E-state index in [4.69, 9.17) is 10.5 Å². The van der Waals surface area contributed by atoms with Crippen LogP contribution in [-0.2, 0) is 5.41 Å². The van der Waals surface area contributed by atoms with Crippen LogP contribution in [0.4, 0.5) is 22.0 Å². The highest BCUT2D eigenvalue weighted by atomic mass is 16.5. The number of nitrogens with zero attached hydrogens (tertiary/aromatic N) is 2. The van der Waals surface area contributed by atoms with Crippen molar-refractivity contribution in [2.45, 2.75) is 33.1 Å². The highest BCUT2D eigenvalue weighted by Gasteiger charge is 2.21. The summed E-state index contributed by atoms with van der Waals surface area (Å²) in [6, 6.07) is 16.6.